The van der Waals surface area contributed by atoms with E-state index in [0.29, 0.717) is 42.3 Å². The molecule has 1 aliphatic rings. The van der Waals surface area contributed by atoms with E-state index in [0.717, 1.165) is 0 Å². The number of benzene rings is 2. The summed E-state index contributed by atoms with van der Waals surface area (Å²) in [6, 6.07) is 10.3. The first-order valence-corrected chi connectivity index (χ1v) is 9.29. The number of hydrogen-bond donors (Lipinski definition) is 2. The number of amides is 1. The fourth-order valence-corrected chi connectivity index (χ4v) is 3.82. The van der Waals surface area contributed by atoms with Crippen molar-refractivity contribution in [3.8, 4) is 0 Å². The number of aromatic amines is 1. The van der Waals surface area contributed by atoms with Crippen LogP contribution in [-0.4, -0.2) is 21.0 Å². The molecule has 0 unspecified atom stereocenters. The quantitative estimate of drug-likeness (QED) is 0.614. The third kappa shape index (κ3) is 3.62. The molecule has 1 saturated heterocycles. The monoisotopic (exact) mass is 416 g/mol. The highest BCUT2D eigenvalue weighted by Gasteiger charge is 2.24. The van der Waals surface area contributed by atoms with Crippen molar-refractivity contribution in [2.45, 2.75) is 0 Å². The summed E-state index contributed by atoms with van der Waals surface area (Å²) in [5.74, 6) is -0.290. The lowest BCUT2D eigenvalue weighted by molar-refractivity contribution is -0.115. The van der Waals surface area contributed by atoms with Crippen LogP contribution in [-0.2, 0) is 4.79 Å². The molecule has 0 atom stereocenters. The maximum absolute atomic E-state index is 12.3. The standard InChI is InChI=1S/C18H10Cl2N4O2S/c19-11-2-1-3-12(20)15(11)23-18-24-17(26)14(27-18)7-9-4-5-13-10(6-9)16(25)22-8-21-13/h1-8H,(H,21,22,25)(H,23,24,26)/b14-7-. The zero-order valence-corrected chi connectivity index (χ0v) is 15.8. The Hall–Kier alpha value is -2.61. The first-order valence-electron chi connectivity index (χ1n) is 7.72. The summed E-state index contributed by atoms with van der Waals surface area (Å²) in [5, 5.41) is 4.30. The van der Waals surface area contributed by atoms with Gasteiger partial charge in [0.1, 0.15) is 5.69 Å². The van der Waals surface area contributed by atoms with Crippen LogP contribution in [0.2, 0.25) is 10.0 Å². The van der Waals surface area contributed by atoms with E-state index in [9.17, 15) is 9.59 Å². The van der Waals surface area contributed by atoms with Gasteiger partial charge < -0.3 is 10.3 Å². The summed E-state index contributed by atoms with van der Waals surface area (Å²) in [5.41, 5.74) is 1.45. The second-order valence-corrected chi connectivity index (χ2v) is 7.41. The Kier molecular flexibility index (Phi) is 4.73. The zero-order valence-electron chi connectivity index (χ0n) is 13.5. The van der Waals surface area contributed by atoms with Crippen LogP contribution in [0.15, 0.2) is 57.4 Å². The minimum absolute atomic E-state index is 0.290. The van der Waals surface area contributed by atoms with Crippen molar-refractivity contribution in [3.05, 3.63) is 73.6 Å². The van der Waals surface area contributed by atoms with Crippen LogP contribution < -0.4 is 10.9 Å². The van der Waals surface area contributed by atoms with Crippen LogP contribution >= 0.6 is 35.0 Å². The van der Waals surface area contributed by atoms with E-state index in [2.05, 4.69) is 20.3 Å². The zero-order chi connectivity index (χ0) is 19.0. The molecule has 27 heavy (non-hydrogen) atoms. The molecule has 1 aromatic heterocycles. The van der Waals surface area contributed by atoms with Crippen molar-refractivity contribution in [1.29, 1.82) is 0 Å². The summed E-state index contributed by atoms with van der Waals surface area (Å²) in [4.78, 5) is 35.5. The Morgan fingerprint density at radius 3 is 2.67 bits per heavy atom. The average molecular weight is 417 g/mol. The minimum atomic E-state index is -0.330. The Bertz CT molecular complexity index is 1180. The molecule has 2 N–H and O–H groups in total. The van der Waals surface area contributed by atoms with Crippen molar-refractivity contribution < 1.29 is 4.79 Å². The molecule has 9 heteroatoms. The fourth-order valence-electron chi connectivity index (χ4n) is 2.51. The number of fused-ring (bicyclic) bond motifs is 1. The van der Waals surface area contributed by atoms with E-state index in [1.54, 1.807) is 42.5 Å². The van der Waals surface area contributed by atoms with E-state index >= 15 is 0 Å². The van der Waals surface area contributed by atoms with Crippen molar-refractivity contribution in [2.24, 2.45) is 4.99 Å². The van der Waals surface area contributed by atoms with Crippen molar-refractivity contribution >= 4 is 68.7 Å². The number of hydrogen-bond acceptors (Lipinski definition) is 5. The largest absolute Gasteiger partial charge is 0.346 e. The number of H-pyrrole nitrogens is 1. The number of rotatable bonds is 2. The first-order chi connectivity index (χ1) is 13.0. The van der Waals surface area contributed by atoms with Crippen LogP contribution in [0, 0.1) is 0 Å². The smallest absolute Gasteiger partial charge is 0.280 e. The highest BCUT2D eigenvalue weighted by molar-refractivity contribution is 8.18. The molecule has 4 rings (SSSR count). The van der Waals surface area contributed by atoms with Gasteiger partial charge in [-0.3, -0.25) is 9.59 Å². The first kappa shape index (κ1) is 17.8. The molecule has 2 heterocycles. The van der Waals surface area contributed by atoms with E-state index in [1.165, 1.54) is 18.1 Å². The summed E-state index contributed by atoms with van der Waals surface area (Å²) in [6.07, 6.45) is 3.04. The number of aromatic nitrogens is 2. The molecular weight excluding hydrogens is 407 g/mol. The summed E-state index contributed by atoms with van der Waals surface area (Å²) in [6.45, 7) is 0. The van der Waals surface area contributed by atoms with Gasteiger partial charge in [0.25, 0.3) is 11.5 Å². The number of para-hydroxylation sites is 1. The average Bonchev–Trinajstić information content (AvgIpc) is 2.98. The number of amidine groups is 1. The highest BCUT2D eigenvalue weighted by atomic mass is 35.5. The van der Waals surface area contributed by atoms with Crippen LogP contribution in [0.5, 0.6) is 0 Å². The van der Waals surface area contributed by atoms with Gasteiger partial charge in [-0.05, 0) is 47.7 Å². The molecule has 1 aliphatic heterocycles. The molecule has 2 aromatic carbocycles. The molecule has 1 fully saturated rings. The summed E-state index contributed by atoms with van der Waals surface area (Å²) in [7, 11) is 0. The number of nitrogens with zero attached hydrogens (tertiary/aromatic N) is 2. The number of nitrogens with one attached hydrogen (secondary N) is 2. The highest BCUT2D eigenvalue weighted by Crippen LogP contribution is 2.35. The van der Waals surface area contributed by atoms with Gasteiger partial charge in [-0.15, -0.1) is 0 Å². The Balaban J connectivity index is 1.68. The van der Waals surface area contributed by atoms with Gasteiger partial charge in [-0.1, -0.05) is 35.3 Å². The van der Waals surface area contributed by atoms with Crippen molar-refractivity contribution in [2.75, 3.05) is 0 Å². The molecule has 0 bridgehead atoms. The topological polar surface area (TPSA) is 87.2 Å². The number of aliphatic imine (C=N–C) groups is 1. The van der Waals surface area contributed by atoms with Gasteiger partial charge in [0.05, 0.1) is 32.2 Å². The van der Waals surface area contributed by atoms with E-state index in [-0.39, 0.29) is 11.5 Å². The molecule has 134 valence electrons. The molecular formula is C18H10Cl2N4O2S. The fraction of sp³-hybridized carbons (Fsp3) is 0. The number of halogens is 2. The lowest BCUT2D eigenvalue weighted by Gasteiger charge is -2.01. The second kappa shape index (κ2) is 7.19. The van der Waals surface area contributed by atoms with Gasteiger partial charge in [-0.2, -0.15) is 4.98 Å². The number of carbonyl (C=O) groups is 1. The van der Waals surface area contributed by atoms with Gasteiger partial charge in [0.15, 0.2) is 5.17 Å². The maximum atomic E-state index is 12.3. The van der Waals surface area contributed by atoms with Crippen molar-refractivity contribution in [3.63, 3.8) is 0 Å². The maximum Gasteiger partial charge on any atom is 0.280 e. The SMILES string of the molecule is O=C1N/C(=N/c2c(Cl)cccc2Cl)S/C1=C\c1ccc2[nH]cnc(=O)c2c1. The van der Waals surface area contributed by atoms with Gasteiger partial charge in [0.2, 0.25) is 0 Å². The van der Waals surface area contributed by atoms with Gasteiger partial charge >= 0.3 is 0 Å². The molecule has 1 amide bonds. The lowest BCUT2D eigenvalue weighted by atomic mass is 10.1. The van der Waals surface area contributed by atoms with E-state index in [1.807, 2.05) is 0 Å². The minimum Gasteiger partial charge on any atom is -0.346 e. The van der Waals surface area contributed by atoms with Crippen LogP contribution in [0.1, 0.15) is 5.56 Å². The molecule has 0 radical (unpaired) electrons. The molecule has 0 saturated carbocycles. The number of carbonyl (C=O) groups excluding carboxylic acids is 1. The Morgan fingerprint density at radius 1 is 1.11 bits per heavy atom. The molecule has 0 aliphatic carbocycles. The molecule has 3 aromatic rings. The molecule has 0 spiro atoms. The van der Waals surface area contributed by atoms with E-state index in [4.69, 9.17) is 23.2 Å². The normalized spacial score (nSPS) is 17.0. The second-order valence-electron chi connectivity index (χ2n) is 5.56. The molecule has 6 nitrogen and oxygen atoms in total. The summed E-state index contributed by atoms with van der Waals surface area (Å²) < 4.78 is 0. The van der Waals surface area contributed by atoms with Crippen LogP contribution in [0.4, 0.5) is 5.69 Å². The lowest BCUT2D eigenvalue weighted by Crippen LogP contribution is -2.19. The Morgan fingerprint density at radius 2 is 1.89 bits per heavy atom. The van der Waals surface area contributed by atoms with Crippen LogP contribution in [0.3, 0.4) is 0 Å². The predicted molar refractivity (Wildman–Crippen MR) is 110 cm³/mol. The third-order valence-corrected chi connectivity index (χ3v) is 5.30. The predicted octanol–water partition coefficient (Wildman–Crippen LogP) is 4.12. The van der Waals surface area contributed by atoms with Crippen LogP contribution in [0.25, 0.3) is 17.0 Å². The van der Waals surface area contributed by atoms with E-state index < -0.39 is 0 Å². The Labute approximate surface area is 167 Å². The third-order valence-electron chi connectivity index (χ3n) is 3.78. The van der Waals surface area contributed by atoms with Gasteiger partial charge in [-0.25, -0.2) is 4.99 Å². The number of thioether (sulfide) groups is 1. The van der Waals surface area contributed by atoms with Gasteiger partial charge in [0, 0.05) is 0 Å². The van der Waals surface area contributed by atoms with Crippen molar-refractivity contribution in [1.82, 2.24) is 15.3 Å². The summed E-state index contributed by atoms with van der Waals surface area (Å²) >= 11 is 13.4.